The molecule has 0 unspecified atom stereocenters. The summed E-state index contributed by atoms with van der Waals surface area (Å²) >= 11 is 12.1. The first-order valence-corrected chi connectivity index (χ1v) is 13.2. The number of esters is 1. The fourth-order valence-corrected chi connectivity index (χ4v) is 4.39. The molecule has 0 fully saturated rings. The number of nitrogens with one attached hydrogen (secondary N) is 2. The molecule has 0 saturated carbocycles. The van der Waals surface area contributed by atoms with E-state index < -0.39 is 29.3 Å². The number of ether oxygens (including phenoxy) is 1. The molecule has 0 aliphatic carbocycles. The van der Waals surface area contributed by atoms with Crippen LogP contribution in [-0.4, -0.2) is 33.4 Å². The molecule has 14 heteroatoms. The van der Waals surface area contributed by atoms with Crippen molar-refractivity contribution < 1.29 is 27.5 Å². The van der Waals surface area contributed by atoms with Crippen LogP contribution in [0, 0.1) is 0 Å². The van der Waals surface area contributed by atoms with Crippen LogP contribution in [0.2, 0.25) is 10.0 Å². The number of pyridine rings is 1. The number of nitrogens with zero attached hydrogens (tertiary/aromatic N) is 3. The molecular formula is C28H22Cl2F3N5O4. The van der Waals surface area contributed by atoms with E-state index in [1.54, 1.807) is 38.1 Å². The number of alkyl halides is 3. The summed E-state index contributed by atoms with van der Waals surface area (Å²) < 4.78 is 47.0. The third-order valence-corrected chi connectivity index (χ3v) is 6.45. The minimum atomic E-state index is -4.71. The van der Waals surface area contributed by atoms with Crippen LogP contribution in [0.15, 0.2) is 65.7 Å². The van der Waals surface area contributed by atoms with E-state index in [9.17, 15) is 27.6 Å². The summed E-state index contributed by atoms with van der Waals surface area (Å²) in [6, 6.07) is 9.83. The fourth-order valence-electron chi connectivity index (χ4n) is 3.93. The molecule has 0 aliphatic heterocycles. The molecule has 4 aromatic rings. The van der Waals surface area contributed by atoms with Crippen molar-refractivity contribution in [3.63, 3.8) is 0 Å². The number of carbonyl (C=O) groups is 2. The second-order valence-electron chi connectivity index (χ2n) is 8.72. The zero-order chi connectivity index (χ0) is 30.6. The monoisotopic (exact) mass is 619 g/mol. The summed E-state index contributed by atoms with van der Waals surface area (Å²) in [5.74, 6) is -0.888. The van der Waals surface area contributed by atoms with Crippen LogP contribution >= 0.6 is 23.2 Å². The van der Waals surface area contributed by atoms with E-state index in [-0.39, 0.29) is 51.4 Å². The number of urea groups is 1. The van der Waals surface area contributed by atoms with Crippen LogP contribution in [0.4, 0.5) is 29.3 Å². The van der Waals surface area contributed by atoms with Crippen LogP contribution < -0.4 is 16.2 Å². The van der Waals surface area contributed by atoms with Gasteiger partial charge in [-0.2, -0.15) is 18.3 Å². The van der Waals surface area contributed by atoms with Gasteiger partial charge in [0.15, 0.2) is 0 Å². The maximum Gasteiger partial charge on any atom is 0.416 e. The number of aromatic nitrogens is 3. The summed E-state index contributed by atoms with van der Waals surface area (Å²) in [6.45, 7) is 3.38. The van der Waals surface area contributed by atoms with Crippen molar-refractivity contribution >= 4 is 46.6 Å². The summed E-state index contributed by atoms with van der Waals surface area (Å²) in [5, 5.41) is 9.42. The molecule has 0 radical (unpaired) electrons. The lowest BCUT2D eigenvalue weighted by Crippen LogP contribution is -2.29. The van der Waals surface area contributed by atoms with Crippen molar-refractivity contribution in [2.24, 2.45) is 0 Å². The molecule has 0 saturated heterocycles. The number of anilines is 2. The molecule has 0 atom stereocenters. The maximum absolute atomic E-state index is 13.7. The van der Waals surface area contributed by atoms with Gasteiger partial charge in [0, 0.05) is 24.5 Å². The molecule has 42 heavy (non-hydrogen) atoms. The molecule has 2 aromatic heterocycles. The van der Waals surface area contributed by atoms with Crippen LogP contribution in [0.5, 0.6) is 0 Å². The Morgan fingerprint density at radius 1 is 0.952 bits per heavy atom. The molecule has 2 N–H and O–H groups in total. The first-order valence-electron chi connectivity index (χ1n) is 12.4. The average Bonchev–Trinajstić information content (AvgIpc) is 2.95. The van der Waals surface area contributed by atoms with Crippen molar-refractivity contribution in [2.75, 3.05) is 17.2 Å². The lowest BCUT2D eigenvalue weighted by Gasteiger charge is -2.14. The fraction of sp³-hybridized carbons (Fsp3) is 0.179. The number of carbonyl (C=O) groups excluding carboxylic acids is 2. The molecular weight excluding hydrogens is 598 g/mol. The molecule has 218 valence electrons. The van der Waals surface area contributed by atoms with Gasteiger partial charge < -0.3 is 15.4 Å². The first-order chi connectivity index (χ1) is 19.9. The van der Waals surface area contributed by atoms with Crippen LogP contribution in [0.25, 0.3) is 22.4 Å². The van der Waals surface area contributed by atoms with Gasteiger partial charge in [0.25, 0.3) is 5.56 Å². The highest BCUT2D eigenvalue weighted by Crippen LogP contribution is 2.35. The van der Waals surface area contributed by atoms with Gasteiger partial charge in [-0.15, -0.1) is 0 Å². The Bertz CT molecular complexity index is 1710. The van der Waals surface area contributed by atoms with Crippen molar-refractivity contribution in [3.8, 4) is 22.4 Å². The van der Waals surface area contributed by atoms with E-state index in [0.717, 1.165) is 16.8 Å². The predicted molar refractivity (Wildman–Crippen MR) is 153 cm³/mol. The van der Waals surface area contributed by atoms with Crippen molar-refractivity contribution in [1.82, 2.24) is 14.8 Å². The summed E-state index contributed by atoms with van der Waals surface area (Å²) in [5.41, 5.74) is -0.788. The Morgan fingerprint density at radius 2 is 1.64 bits per heavy atom. The van der Waals surface area contributed by atoms with Gasteiger partial charge in [-0.1, -0.05) is 41.4 Å². The average molecular weight is 620 g/mol. The summed E-state index contributed by atoms with van der Waals surface area (Å²) in [4.78, 5) is 41.7. The standard InChI is InChI=1S/C28H22Cl2F3N5O4/c1-3-38-25(39)23(35-27(41)36-24-20(29)13-34-14-21(24)30)12-22(37-38)16-7-5-6-15(8-16)17-9-18(26(40)42-4-2)11-19(10-17)28(31,32)33/h5-14H,3-4H2,1-2H3,(H2,34,35,36,41). The van der Waals surface area contributed by atoms with Crippen LogP contribution in [0.3, 0.4) is 0 Å². The molecule has 0 aliphatic rings. The van der Waals surface area contributed by atoms with Gasteiger partial charge in [0.1, 0.15) is 5.69 Å². The molecule has 0 bridgehead atoms. The number of benzene rings is 2. The first kappa shape index (κ1) is 30.5. The third-order valence-electron chi connectivity index (χ3n) is 5.88. The highest BCUT2D eigenvalue weighted by atomic mass is 35.5. The van der Waals surface area contributed by atoms with Crippen molar-refractivity contribution in [1.29, 1.82) is 0 Å². The van der Waals surface area contributed by atoms with E-state index in [1.807, 2.05) is 0 Å². The zero-order valence-corrected chi connectivity index (χ0v) is 23.6. The zero-order valence-electron chi connectivity index (χ0n) is 22.1. The number of aryl methyl sites for hydroxylation is 1. The molecule has 2 heterocycles. The Balaban J connectivity index is 1.73. The quantitative estimate of drug-likeness (QED) is 0.212. The van der Waals surface area contributed by atoms with Gasteiger partial charge >= 0.3 is 18.2 Å². The Morgan fingerprint density at radius 3 is 2.29 bits per heavy atom. The Kier molecular flexibility index (Phi) is 9.17. The molecule has 9 nitrogen and oxygen atoms in total. The lowest BCUT2D eigenvalue weighted by atomic mass is 9.97. The highest BCUT2D eigenvalue weighted by molar-refractivity contribution is 6.39. The van der Waals surface area contributed by atoms with E-state index >= 15 is 0 Å². The number of halogens is 5. The number of rotatable bonds is 7. The smallest absolute Gasteiger partial charge is 0.416 e. The van der Waals surface area contributed by atoms with E-state index in [1.165, 1.54) is 24.5 Å². The predicted octanol–water partition coefficient (Wildman–Crippen LogP) is 7.14. The second-order valence-corrected chi connectivity index (χ2v) is 9.53. The minimum absolute atomic E-state index is 0.00423. The SMILES string of the molecule is CCOC(=O)c1cc(-c2cccc(-c3cc(NC(=O)Nc4c(Cl)cncc4Cl)c(=O)n(CC)n3)c2)cc(C(F)(F)F)c1. The molecule has 2 amide bonds. The largest absolute Gasteiger partial charge is 0.462 e. The summed E-state index contributed by atoms with van der Waals surface area (Å²) in [6.07, 6.45) is -2.14. The van der Waals surface area contributed by atoms with E-state index in [2.05, 4.69) is 20.7 Å². The van der Waals surface area contributed by atoms with Gasteiger partial charge in [0.2, 0.25) is 0 Å². The third kappa shape index (κ3) is 6.89. The van der Waals surface area contributed by atoms with Crippen LogP contribution in [0.1, 0.15) is 29.8 Å². The molecule has 0 spiro atoms. The molecule has 4 rings (SSSR count). The Labute approximate surface area is 247 Å². The normalized spacial score (nSPS) is 11.2. The highest BCUT2D eigenvalue weighted by Gasteiger charge is 2.32. The molecule has 2 aromatic carbocycles. The van der Waals surface area contributed by atoms with Crippen molar-refractivity contribution in [2.45, 2.75) is 26.6 Å². The van der Waals surface area contributed by atoms with Gasteiger partial charge in [0.05, 0.1) is 39.2 Å². The number of hydrogen-bond acceptors (Lipinski definition) is 6. The number of hydrogen-bond donors (Lipinski definition) is 2. The second kappa shape index (κ2) is 12.6. The van der Waals surface area contributed by atoms with Gasteiger partial charge in [-0.05, 0) is 55.3 Å². The van der Waals surface area contributed by atoms with Crippen LogP contribution in [-0.2, 0) is 17.5 Å². The van der Waals surface area contributed by atoms with Crippen molar-refractivity contribution in [3.05, 3.63) is 92.5 Å². The topological polar surface area (TPSA) is 115 Å². The number of amides is 2. The van der Waals surface area contributed by atoms with Gasteiger partial charge in [-0.25, -0.2) is 14.3 Å². The van der Waals surface area contributed by atoms with E-state index in [0.29, 0.717) is 11.1 Å². The Hall–Kier alpha value is -4.42. The lowest BCUT2D eigenvalue weighted by molar-refractivity contribution is -0.137. The maximum atomic E-state index is 13.7. The minimum Gasteiger partial charge on any atom is -0.462 e. The van der Waals surface area contributed by atoms with E-state index in [4.69, 9.17) is 27.9 Å². The van der Waals surface area contributed by atoms with Gasteiger partial charge in [-0.3, -0.25) is 9.78 Å². The summed E-state index contributed by atoms with van der Waals surface area (Å²) in [7, 11) is 0.